The summed E-state index contributed by atoms with van der Waals surface area (Å²) in [5.74, 6) is -1.05. The molecule has 0 bridgehead atoms. The van der Waals surface area contributed by atoms with Crippen LogP contribution in [0.4, 0.5) is 13.2 Å². The van der Waals surface area contributed by atoms with Crippen LogP contribution in [-0.4, -0.2) is 51.6 Å². The van der Waals surface area contributed by atoms with Gasteiger partial charge >= 0.3 is 6.18 Å². The lowest BCUT2D eigenvalue weighted by Crippen LogP contribution is -2.34. The molecule has 1 heterocycles. The van der Waals surface area contributed by atoms with Crippen molar-refractivity contribution in [2.75, 3.05) is 26.7 Å². The van der Waals surface area contributed by atoms with Crippen LogP contribution in [0.15, 0.2) is 23.1 Å². The fourth-order valence-corrected chi connectivity index (χ4v) is 4.28. The number of nitrogens with one attached hydrogen (secondary N) is 1. The van der Waals surface area contributed by atoms with Crippen LogP contribution in [0.5, 0.6) is 5.75 Å². The third-order valence-corrected chi connectivity index (χ3v) is 5.96. The largest absolute Gasteiger partial charge is 0.496 e. The number of halogens is 3. The van der Waals surface area contributed by atoms with Crippen LogP contribution in [-0.2, 0) is 10.0 Å². The molecule has 1 aliphatic rings. The van der Waals surface area contributed by atoms with Gasteiger partial charge in [-0.1, -0.05) is 12.8 Å². The normalized spacial score (nSPS) is 16.8. The molecule has 0 spiro atoms. The van der Waals surface area contributed by atoms with E-state index in [1.54, 1.807) is 5.32 Å². The van der Waals surface area contributed by atoms with Crippen LogP contribution in [0, 0.1) is 0 Å². The molecular formula is C16H21F3N2O4S. The quantitative estimate of drug-likeness (QED) is 0.833. The molecule has 0 radical (unpaired) electrons. The number of nitrogens with zero attached hydrogens (tertiary/aromatic N) is 1. The molecule has 0 atom stereocenters. The van der Waals surface area contributed by atoms with Crippen LogP contribution in [0.1, 0.15) is 36.0 Å². The molecule has 146 valence electrons. The maximum absolute atomic E-state index is 12.8. The van der Waals surface area contributed by atoms with Gasteiger partial charge in [0.25, 0.3) is 5.91 Å². The van der Waals surface area contributed by atoms with Crippen molar-refractivity contribution >= 4 is 15.9 Å². The number of hydrogen-bond acceptors (Lipinski definition) is 4. The minimum absolute atomic E-state index is 0.000471. The molecule has 1 aromatic carbocycles. The molecule has 1 amide bonds. The third kappa shape index (κ3) is 5.10. The van der Waals surface area contributed by atoms with Crippen LogP contribution in [0.3, 0.4) is 0 Å². The molecule has 1 aliphatic heterocycles. The number of rotatable bonds is 5. The predicted octanol–water partition coefficient (Wildman–Crippen LogP) is 2.55. The van der Waals surface area contributed by atoms with Gasteiger partial charge < -0.3 is 10.1 Å². The zero-order valence-electron chi connectivity index (χ0n) is 14.3. The molecule has 1 aromatic rings. The number of hydrogen-bond donors (Lipinski definition) is 1. The lowest BCUT2D eigenvalue weighted by atomic mass is 10.2. The van der Waals surface area contributed by atoms with Crippen molar-refractivity contribution in [1.82, 2.24) is 9.62 Å². The third-order valence-electron chi connectivity index (χ3n) is 4.07. The smallest absolute Gasteiger partial charge is 0.405 e. The van der Waals surface area contributed by atoms with Gasteiger partial charge in [-0.15, -0.1) is 0 Å². The number of alkyl halides is 3. The molecule has 0 aromatic heterocycles. The van der Waals surface area contributed by atoms with E-state index in [0.717, 1.165) is 31.7 Å². The van der Waals surface area contributed by atoms with Crippen LogP contribution < -0.4 is 10.1 Å². The second kappa shape index (κ2) is 8.26. The Morgan fingerprint density at radius 3 is 2.35 bits per heavy atom. The zero-order chi connectivity index (χ0) is 19.4. The molecule has 0 saturated carbocycles. The molecule has 2 rings (SSSR count). The van der Waals surface area contributed by atoms with Gasteiger partial charge in [-0.3, -0.25) is 4.79 Å². The van der Waals surface area contributed by atoms with Gasteiger partial charge in [0.1, 0.15) is 12.3 Å². The van der Waals surface area contributed by atoms with Gasteiger partial charge in [0.2, 0.25) is 10.0 Å². The van der Waals surface area contributed by atoms with E-state index in [4.69, 9.17) is 4.74 Å². The Bertz CT molecular complexity index is 742. The van der Waals surface area contributed by atoms with Crippen molar-refractivity contribution in [2.24, 2.45) is 0 Å². The first-order chi connectivity index (χ1) is 12.1. The van der Waals surface area contributed by atoms with E-state index in [-0.39, 0.29) is 16.2 Å². The monoisotopic (exact) mass is 394 g/mol. The highest BCUT2D eigenvalue weighted by Crippen LogP contribution is 2.26. The molecule has 0 unspecified atom stereocenters. The predicted molar refractivity (Wildman–Crippen MR) is 88.6 cm³/mol. The van der Waals surface area contributed by atoms with E-state index in [0.29, 0.717) is 13.1 Å². The summed E-state index contributed by atoms with van der Waals surface area (Å²) in [6.07, 6.45) is -1.19. The van der Waals surface area contributed by atoms with E-state index < -0.39 is 28.7 Å². The van der Waals surface area contributed by atoms with Crippen LogP contribution >= 0.6 is 0 Å². The Kier molecular flexibility index (Phi) is 6.51. The highest BCUT2D eigenvalue weighted by Gasteiger charge is 2.30. The topological polar surface area (TPSA) is 75.7 Å². The summed E-state index contributed by atoms with van der Waals surface area (Å²) in [6, 6.07) is 3.62. The molecule has 1 N–H and O–H groups in total. The van der Waals surface area contributed by atoms with Crippen LogP contribution in [0.25, 0.3) is 0 Å². The van der Waals surface area contributed by atoms with Crippen molar-refractivity contribution in [3.63, 3.8) is 0 Å². The maximum atomic E-state index is 12.8. The second-order valence-electron chi connectivity index (χ2n) is 5.98. The van der Waals surface area contributed by atoms with E-state index >= 15 is 0 Å². The van der Waals surface area contributed by atoms with Gasteiger partial charge in [0.15, 0.2) is 0 Å². The Labute approximate surface area is 150 Å². The molecule has 1 fully saturated rings. The Morgan fingerprint density at radius 1 is 1.19 bits per heavy atom. The minimum atomic E-state index is -4.57. The SMILES string of the molecule is COc1ccc(S(=O)(=O)N2CCCCCC2)cc1C(=O)NCC(F)(F)F. The van der Waals surface area contributed by atoms with Crippen molar-refractivity contribution in [2.45, 2.75) is 36.8 Å². The average Bonchev–Trinajstić information content (AvgIpc) is 2.88. The fourth-order valence-electron chi connectivity index (χ4n) is 2.73. The van der Waals surface area contributed by atoms with Gasteiger partial charge in [0.05, 0.1) is 17.6 Å². The standard InChI is InChI=1S/C16H21F3N2O4S/c1-25-14-7-6-12(10-13(14)15(22)20-11-16(17,18)19)26(23,24)21-8-4-2-3-5-9-21/h6-7,10H,2-5,8-9,11H2,1H3,(H,20,22). The molecule has 26 heavy (non-hydrogen) atoms. The summed E-state index contributed by atoms with van der Waals surface area (Å²) in [6.45, 7) is -0.758. The van der Waals surface area contributed by atoms with E-state index in [1.165, 1.54) is 23.5 Å². The number of ether oxygens (including phenoxy) is 1. The highest BCUT2D eigenvalue weighted by molar-refractivity contribution is 7.89. The summed E-state index contributed by atoms with van der Waals surface area (Å²) in [7, 11) is -2.59. The zero-order valence-corrected chi connectivity index (χ0v) is 15.1. The second-order valence-corrected chi connectivity index (χ2v) is 7.92. The molecule has 10 heteroatoms. The molecule has 6 nitrogen and oxygen atoms in total. The summed E-state index contributed by atoms with van der Waals surface area (Å²) in [4.78, 5) is 11.9. The number of carbonyl (C=O) groups excluding carboxylic acids is 1. The number of amides is 1. The number of carbonyl (C=O) groups is 1. The van der Waals surface area contributed by atoms with Gasteiger partial charge in [0, 0.05) is 13.1 Å². The summed E-state index contributed by atoms with van der Waals surface area (Å²) in [5.41, 5.74) is -0.257. The fraction of sp³-hybridized carbons (Fsp3) is 0.562. The van der Waals surface area contributed by atoms with E-state index in [9.17, 15) is 26.4 Å². The molecule has 1 saturated heterocycles. The van der Waals surface area contributed by atoms with Crippen molar-refractivity contribution in [3.05, 3.63) is 23.8 Å². The first-order valence-electron chi connectivity index (χ1n) is 8.18. The summed E-state index contributed by atoms with van der Waals surface area (Å²) >= 11 is 0. The Morgan fingerprint density at radius 2 is 1.81 bits per heavy atom. The van der Waals surface area contributed by atoms with Crippen molar-refractivity contribution < 1.29 is 31.1 Å². The first-order valence-corrected chi connectivity index (χ1v) is 9.62. The van der Waals surface area contributed by atoms with E-state index in [2.05, 4.69) is 0 Å². The summed E-state index contributed by atoms with van der Waals surface area (Å²) < 4.78 is 68.9. The van der Waals surface area contributed by atoms with Gasteiger partial charge in [-0.2, -0.15) is 17.5 Å². The highest BCUT2D eigenvalue weighted by atomic mass is 32.2. The summed E-state index contributed by atoms with van der Waals surface area (Å²) in [5, 5.41) is 1.73. The number of sulfonamides is 1. The van der Waals surface area contributed by atoms with Gasteiger partial charge in [-0.05, 0) is 31.0 Å². The lowest BCUT2D eigenvalue weighted by Gasteiger charge is -2.20. The van der Waals surface area contributed by atoms with Crippen molar-refractivity contribution in [1.29, 1.82) is 0 Å². The lowest BCUT2D eigenvalue weighted by molar-refractivity contribution is -0.123. The number of benzene rings is 1. The Balaban J connectivity index is 2.31. The Hall–Kier alpha value is -1.81. The van der Waals surface area contributed by atoms with Crippen molar-refractivity contribution in [3.8, 4) is 5.75 Å². The van der Waals surface area contributed by atoms with Crippen LogP contribution in [0.2, 0.25) is 0 Å². The van der Waals surface area contributed by atoms with E-state index in [1.807, 2.05) is 0 Å². The molecular weight excluding hydrogens is 373 g/mol. The first kappa shape index (κ1) is 20.5. The van der Waals surface area contributed by atoms with Gasteiger partial charge in [-0.25, -0.2) is 8.42 Å². The molecule has 0 aliphatic carbocycles. The number of methoxy groups -OCH3 is 1. The average molecular weight is 394 g/mol. The minimum Gasteiger partial charge on any atom is -0.496 e. The maximum Gasteiger partial charge on any atom is 0.405 e.